The molecule has 0 bridgehead atoms. The van der Waals surface area contributed by atoms with Gasteiger partial charge in [-0.05, 0) is 39.3 Å². The molecule has 1 aliphatic heterocycles. The van der Waals surface area contributed by atoms with E-state index in [9.17, 15) is 14.7 Å². The molecule has 1 aromatic carbocycles. The van der Waals surface area contributed by atoms with Crippen LogP contribution < -0.4 is 10.2 Å². The molecular weight excluding hydrogens is 384 g/mol. The molecular formula is C23H22N2O5. The summed E-state index contributed by atoms with van der Waals surface area (Å²) in [4.78, 5) is 33.9. The van der Waals surface area contributed by atoms with Crippen LogP contribution in [-0.2, 0) is 4.79 Å². The number of aryl methyl sites for hydroxylation is 2. The maximum Gasteiger partial charge on any atom is 0.313 e. The summed E-state index contributed by atoms with van der Waals surface area (Å²) in [5.74, 6) is -1.82. The van der Waals surface area contributed by atoms with Gasteiger partial charge in [0.15, 0.2) is 5.43 Å². The number of aliphatic carboxylic acids is 1. The molecule has 2 atom stereocenters. The average Bonchev–Trinajstić information content (AvgIpc) is 2.69. The molecule has 0 spiro atoms. The van der Waals surface area contributed by atoms with Crippen molar-refractivity contribution in [3.63, 3.8) is 0 Å². The van der Waals surface area contributed by atoms with E-state index in [0.29, 0.717) is 51.7 Å². The van der Waals surface area contributed by atoms with Crippen LogP contribution in [0.3, 0.4) is 0 Å². The van der Waals surface area contributed by atoms with Crippen molar-refractivity contribution in [3.05, 3.63) is 63.1 Å². The standard InChI is InChI=1S/C23H22N2O5/c1-5-29-22-19-18(15-8-6-7-14-16(26)9-12(3)30-21(14)15)17(23(27)28)13(4)25-20(19)11(2)10-24-22/h6-10,17-18H,5H2,1-4H3,(H,27,28). The molecule has 2 aromatic heterocycles. The van der Waals surface area contributed by atoms with Gasteiger partial charge >= 0.3 is 5.97 Å². The zero-order chi connectivity index (χ0) is 21.6. The zero-order valence-electron chi connectivity index (χ0n) is 17.2. The molecule has 0 radical (unpaired) electrons. The Kier molecular flexibility index (Phi) is 4.89. The summed E-state index contributed by atoms with van der Waals surface area (Å²) in [5, 5.41) is 10.5. The first-order chi connectivity index (χ1) is 14.3. The number of rotatable bonds is 4. The summed E-state index contributed by atoms with van der Waals surface area (Å²) in [6.07, 6.45) is 1.67. The average molecular weight is 406 g/mol. The van der Waals surface area contributed by atoms with Crippen molar-refractivity contribution in [1.29, 1.82) is 0 Å². The van der Waals surface area contributed by atoms with E-state index in [2.05, 4.69) is 9.98 Å². The summed E-state index contributed by atoms with van der Waals surface area (Å²) >= 11 is 0. The smallest absolute Gasteiger partial charge is 0.313 e. The maximum atomic E-state index is 12.5. The maximum absolute atomic E-state index is 12.5. The normalized spacial score (nSPS) is 18.1. The molecule has 1 N–H and O–H groups in total. The molecule has 30 heavy (non-hydrogen) atoms. The highest BCUT2D eigenvalue weighted by Crippen LogP contribution is 2.48. The van der Waals surface area contributed by atoms with Crippen LogP contribution in [-0.4, -0.2) is 28.4 Å². The van der Waals surface area contributed by atoms with Crippen molar-refractivity contribution in [2.45, 2.75) is 33.6 Å². The molecule has 7 heteroatoms. The molecule has 0 fully saturated rings. The Morgan fingerprint density at radius 1 is 1.27 bits per heavy atom. The van der Waals surface area contributed by atoms with Gasteiger partial charge in [0, 0.05) is 35.0 Å². The second-order valence-electron chi connectivity index (χ2n) is 7.43. The van der Waals surface area contributed by atoms with Crippen molar-refractivity contribution in [1.82, 2.24) is 4.98 Å². The lowest BCUT2D eigenvalue weighted by molar-refractivity contribution is -0.139. The van der Waals surface area contributed by atoms with Crippen molar-refractivity contribution in [2.75, 3.05) is 6.61 Å². The van der Waals surface area contributed by atoms with Gasteiger partial charge in [0.2, 0.25) is 5.88 Å². The van der Waals surface area contributed by atoms with Gasteiger partial charge in [-0.25, -0.2) is 4.98 Å². The lowest BCUT2D eigenvalue weighted by atomic mass is 9.75. The molecule has 0 saturated carbocycles. The van der Waals surface area contributed by atoms with Crippen LogP contribution in [0.5, 0.6) is 5.88 Å². The minimum Gasteiger partial charge on any atom is -0.481 e. The van der Waals surface area contributed by atoms with Crippen molar-refractivity contribution < 1.29 is 19.1 Å². The number of aliphatic imine (C=N–C) groups is 1. The number of aromatic nitrogens is 1. The van der Waals surface area contributed by atoms with E-state index >= 15 is 0 Å². The van der Waals surface area contributed by atoms with E-state index in [0.717, 1.165) is 5.56 Å². The van der Waals surface area contributed by atoms with Crippen LogP contribution >= 0.6 is 0 Å². The van der Waals surface area contributed by atoms with Gasteiger partial charge in [0.05, 0.1) is 17.7 Å². The molecule has 4 rings (SSSR count). The van der Waals surface area contributed by atoms with Crippen LogP contribution in [0.1, 0.15) is 42.2 Å². The Bertz CT molecular complexity index is 1260. The van der Waals surface area contributed by atoms with Crippen LogP contribution in [0.2, 0.25) is 0 Å². The van der Waals surface area contributed by atoms with Gasteiger partial charge in [0.25, 0.3) is 0 Å². The van der Waals surface area contributed by atoms with Crippen LogP contribution in [0.15, 0.2) is 44.7 Å². The number of hydrogen-bond donors (Lipinski definition) is 1. The van der Waals surface area contributed by atoms with Gasteiger partial charge in [-0.2, -0.15) is 0 Å². The van der Waals surface area contributed by atoms with Gasteiger partial charge in [-0.3, -0.25) is 14.6 Å². The van der Waals surface area contributed by atoms with Gasteiger partial charge in [-0.15, -0.1) is 0 Å². The predicted molar refractivity (Wildman–Crippen MR) is 113 cm³/mol. The summed E-state index contributed by atoms with van der Waals surface area (Å²) < 4.78 is 11.7. The molecule has 3 aromatic rings. The van der Waals surface area contributed by atoms with Crippen molar-refractivity contribution >= 4 is 28.3 Å². The highest BCUT2D eigenvalue weighted by molar-refractivity contribution is 6.05. The monoisotopic (exact) mass is 406 g/mol. The van der Waals surface area contributed by atoms with Crippen LogP contribution in [0.4, 0.5) is 5.69 Å². The Balaban J connectivity index is 2.12. The highest BCUT2D eigenvalue weighted by atomic mass is 16.5. The Morgan fingerprint density at radius 3 is 2.73 bits per heavy atom. The minimum atomic E-state index is -1.01. The van der Waals surface area contributed by atoms with E-state index in [-0.39, 0.29) is 5.43 Å². The Hall–Kier alpha value is -3.48. The number of carboxylic acid groups (broad SMARTS) is 1. The summed E-state index contributed by atoms with van der Waals surface area (Å²) in [6.45, 7) is 7.51. The van der Waals surface area contributed by atoms with E-state index in [1.54, 1.807) is 38.2 Å². The first-order valence-electron chi connectivity index (χ1n) is 9.77. The summed E-state index contributed by atoms with van der Waals surface area (Å²) in [7, 11) is 0. The topological polar surface area (TPSA) is 102 Å². The number of nitrogens with zero attached hydrogens (tertiary/aromatic N) is 2. The fourth-order valence-electron chi connectivity index (χ4n) is 4.15. The molecule has 7 nitrogen and oxygen atoms in total. The number of carboxylic acids is 1. The number of pyridine rings is 1. The van der Waals surface area contributed by atoms with E-state index in [4.69, 9.17) is 9.15 Å². The number of hydrogen-bond acceptors (Lipinski definition) is 6. The number of fused-ring (bicyclic) bond motifs is 2. The largest absolute Gasteiger partial charge is 0.481 e. The quantitative estimate of drug-likeness (QED) is 0.699. The molecule has 154 valence electrons. The van der Waals surface area contributed by atoms with Crippen molar-refractivity contribution in [2.24, 2.45) is 10.9 Å². The minimum absolute atomic E-state index is 0.170. The third-order valence-electron chi connectivity index (χ3n) is 5.41. The van der Waals surface area contributed by atoms with Gasteiger partial charge in [0.1, 0.15) is 17.3 Å². The molecule has 1 aliphatic rings. The molecule has 0 amide bonds. The first kappa shape index (κ1) is 19.8. The second kappa shape index (κ2) is 7.40. The number of para-hydroxylation sites is 1. The van der Waals surface area contributed by atoms with Crippen molar-refractivity contribution in [3.8, 4) is 5.88 Å². The summed E-state index contributed by atoms with van der Waals surface area (Å²) in [5.41, 5.74) is 3.36. The van der Waals surface area contributed by atoms with E-state index in [1.165, 1.54) is 6.07 Å². The van der Waals surface area contributed by atoms with E-state index in [1.807, 2.05) is 13.8 Å². The first-order valence-corrected chi connectivity index (χ1v) is 9.77. The van der Waals surface area contributed by atoms with Gasteiger partial charge < -0.3 is 14.3 Å². The summed E-state index contributed by atoms with van der Waals surface area (Å²) in [6, 6.07) is 6.65. The Labute approximate surface area is 173 Å². The number of carbonyl (C=O) groups is 1. The van der Waals surface area contributed by atoms with E-state index < -0.39 is 17.8 Å². The van der Waals surface area contributed by atoms with Crippen LogP contribution in [0.25, 0.3) is 11.0 Å². The molecule has 0 saturated heterocycles. The second-order valence-corrected chi connectivity index (χ2v) is 7.43. The van der Waals surface area contributed by atoms with Crippen LogP contribution in [0, 0.1) is 19.8 Å². The fraction of sp³-hybridized carbons (Fsp3) is 0.304. The molecule has 2 unspecified atom stereocenters. The lowest BCUT2D eigenvalue weighted by Crippen LogP contribution is -2.32. The number of ether oxygens (including phenoxy) is 1. The molecule has 3 heterocycles. The van der Waals surface area contributed by atoms with Gasteiger partial charge in [-0.1, -0.05) is 12.1 Å². The third kappa shape index (κ3) is 3.07. The predicted octanol–water partition coefficient (Wildman–Crippen LogP) is 4.14. The number of benzene rings is 1. The molecule has 0 aliphatic carbocycles. The lowest BCUT2D eigenvalue weighted by Gasteiger charge is -2.31. The fourth-order valence-corrected chi connectivity index (χ4v) is 4.15. The third-order valence-corrected chi connectivity index (χ3v) is 5.41. The Morgan fingerprint density at radius 2 is 2.03 bits per heavy atom. The zero-order valence-corrected chi connectivity index (χ0v) is 17.2. The SMILES string of the molecule is CCOc1ncc(C)c2c1C(c1cccc3c(=O)cc(C)oc13)C(C(=O)O)C(C)=N2. The highest BCUT2D eigenvalue weighted by Gasteiger charge is 2.41.